The van der Waals surface area contributed by atoms with Crippen LogP contribution in [-0.2, 0) is 27.5 Å². The Hall–Kier alpha value is -4.06. The van der Waals surface area contributed by atoms with Crippen molar-refractivity contribution in [3.8, 4) is 11.8 Å². The molecule has 2 aromatic rings. The Labute approximate surface area is 171 Å². The van der Waals surface area contributed by atoms with Crippen molar-refractivity contribution < 1.29 is 19.2 Å². The maximum atomic E-state index is 12.7. The number of imide groups is 1. The van der Waals surface area contributed by atoms with Crippen LogP contribution in [0.3, 0.4) is 0 Å². The number of nitrogens with one attached hydrogen (secondary N) is 2. The van der Waals surface area contributed by atoms with Crippen molar-refractivity contribution in [3.05, 3.63) is 59.2 Å². The van der Waals surface area contributed by atoms with Crippen LogP contribution in [0.2, 0.25) is 0 Å². The van der Waals surface area contributed by atoms with Gasteiger partial charge in [-0.15, -0.1) is 0 Å². The van der Waals surface area contributed by atoms with Crippen molar-refractivity contribution in [2.24, 2.45) is 0 Å². The van der Waals surface area contributed by atoms with Gasteiger partial charge in [-0.2, -0.15) is 0 Å². The van der Waals surface area contributed by atoms with E-state index in [9.17, 15) is 19.2 Å². The first kappa shape index (κ1) is 19.3. The highest BCUT2D eigenvalue weighted by Gasteiger charge is 2.38. The number of carbonyl (C=O) groups excluding carboxylic acids is 4. The molecule has 0 aliphatic carbocycles. The number of piperidine rings is 1. The minimum atomic E-state index is -0.650. The molecule has 1 saturated heterocycles. The molecule has 9 heteroatoms. The van der Waals surface area contributed by atoms with Crippen molar-refractivity contribution in [1.82, 2.24) is 25.5 Å². The summed E-state index contributed by atoms with van der Waals surface area (Å²) in [4.78, 5) is 57.3. The van der Waals surface area contributed by atoms with Crippen LogP contribution in [0, 0.1) is 11.8 Å². The van der Waals surface area contributed by atoms with E-state index in [2.05, 4.69) is 32.4 Å². The van der Waals surface area contributed by atoms with E-state index in [1.807, 2.05) is 6.07 Å². The summed E-state index contributed by atoms with van der Waals surface area (Å²) in [6, 6.07) is 6.23. The molecule has 0 bridgehead atoms. The normalized spacial score (nSPS) is 17.7. The molecular formula is C21H17N5O4. The lowest BCUT2D eigenvalue weighted by Gasteiger charge is -2.29. The van der Waals surface area contributed by atoms with E-state index < -0.39 is 17.9 Å². The van der Waals surface area contributed by atoms with Crippen molar-refractivity contribution in [2.45, 2.75) is 32.0 Å². The topological polar surface area (TPSA) is 121 Å². The zero-order valence-electron chi connectivity index (χ0n) is 15.8. The van der Waals surface area contributed by atoms with Crippen LogP contribution in [0.1, 0.15) is 40.0 Å². The smallest absolute Gasteiger partial charge is 0.296 e. The lowest BCUT2D eigenvalue weighted by Crippen LogP contribution is -2.52. The van der Waals surface area contributed by atoms with Gasteiger partial charge in [0, 0.05) is 37.2 Å². The first-order valence-electron chi connectivity index (χ1n) is 9.33. The van der Waals surface area contributed by atoms with Crippen LogP contribution < -0.4 is 10.6 Å². The third kappa shape index (κ3) is 4.03. The molecule has 1 aromatic carbocycles. The third-order valence-electron chi connectivity index (χ3n) is 4.93. The summed E-state index contributed by atoms with van der Waals surface area (Å²) in [6.45, 7) is 0.535. The van der Waals surface area contributed by atoms with Crippen molar-refractivity contribution in [1.29, 1.82) is 0 Å². The minimum Gasteiger partial charge on any atom is -0.341 e. The number of nitrogens with zero attached hydrogens (tertiary/aromatic N) is 3. The van der Waals surface area contributed by atoms with Gasteiger partial charge >= 0.3 is 0 Å². The summed E-state index contributed by atoms with van der Waals surface area (Å²) in [7, 11) is 0. The maximum Gasteiger partial charge on any atom is 0.296 e. The zero-order valence-corrected chi connectivity index (χ0v) is 15.8. The number of aromatic nitrogens is 2. The van der Waals surface area contributed by atoms with Crippen molar-refractivity contribution >= 4 is 23.6 Å². The van der Waals surface area contributed by atoms with E-state index >= 15 is 0 Å². The van der Waals surface area contributed by atoms with Crippen LogP contribution in [0.5, 0.6) is 0 Å². The fourth-order valence-electron chi connectivity index (χ4n) is 3.45. The van der Waals surface area contributed by atoms with E-state index in [-0.39, 0.29) is 31.3 Å². The average molecular weight is 403 g/mol. The number of fused-ring (bicyclic) bond motifs is 1. The van der Waals surface area contributed by atoms with E-state index in [1.54, 1.807) is 24.4 Å². The minimum absolute atomic E-state index is 0.212. The van der Waals surface area contributed by atoms with Gasteiger partial charge < -0.3 is 10.2 Å². The lowest BCUT2D eigenvalue weighted by molar-refractivity contribution is -0.137. The largest absolute Gasteiger partial charge is 0.341 e. The Kier molecular flexibility index (Phi) is 5.22. The summed E-state index contributed by atoms with van der Waals surface area (Å²) in [5.41, 5.74) is 2.57. The van der Waals surface area contributed by atoms with Crippen LogP contribution in [-0.4, -0.2) is 44.5 Å². The molecule has 3 heterocycles. The Morgan fingerprint density at radius 2 is 2.13 bits per heavy atom. The first-order valence-corrected chi connectivity index (χ1v) is 9.33. The van der Waals surface area contributed by atoms with Crippen LogP contribution in [0.25, 0.3) is 0 Å². The van der Waals surface area contributed by atoms with E-state index in [0.717, 1.165) is 11.1 Å². The summed E-state index contributed by atoms with van der Waals surface area (Å²) in [5, 5.41) is 4.98. The summed E-state index contributed by atoms with van der Waals surface area (Å²) in [6.07, 6.45) is 3.42. The first-order chi connectivity index (χ1) is 14.5. The molecule has 1 atom stereocenters. The van der Waals surface area contributed by atoms with Gasteiger partial charge in [-0.3, -0.25) is 24.5 Å². The van der Waals surface area contributed by atoms with Gasteiger partial charge in [0.15, 0.2) is 0 Å². The predicted molar refractivity (Wildman–Crippen MR) is 103 cm³/mol. The second-order valence-electron chi connectivity index (χ2n) is 6.92. The molecule has 1 unspecified atom stereocenters. The Morgan fingerprint density at radius 3 is 2.90 bits per heavy atom. The lowest BCUT2D eigenvalue weighted by atomic mass is 10.0. The number of benzene rings is 1. The SMILES string of the molecule is O=C(C#Cc1ccncn1)NCc1ccc2c(c1)CN(C1CCC(=O)NC1=O)C2=O. The fourth-order valence-corrected chi connectivity index (χ4v) is 3.45. The number of amides is 4. The van der Waals surface area contributed by atoms with Gasteiger partial charge in [0.1, 0.15) is 18.1 Å². The second-order valence-corrected chi connectivity index (χ2v) is 6.92. The number of rotatable bonds is 3. The number of hydrogen-bond acceptors (Lipinski definition) is 6. The molecule has 1 fully saturated rings. The van der Waals surface area contributed by atoms with E-state index in [1.165, 1.54) is 11.2 Å². The van der Waals surface area contributed by atoms with Gasteiger partial charge in [-0.05, 0) is 35.6 Å². The second kappa shape index (κ2) is 8.13. The molecule has 4 amide bonds. The van der Waals surface area contributed by atoms with Crippen LogP contribution in [0.4, 0.5) is 0 Å². The predicted octanol–water partition coefficient (Wildman–Crippen LogP) is -0.0945. The molecule has 4 rings (SSSR count). The molecule has 2 aliphatic rings. The Bertz CT molecular complexity index is 1100. The Balaban J connectivity index is 1.39. The standard InChI is InChI=1S/C21H17N5O4/c27-18(5-2-15-7-8-22-12-24-15)23-10-13-1-3-16-14(9-13)11-26(21(16)30)17-4-6-19(28)25-20(17)29/h1,3,7-9,12,17H,4,6,10-11H2,(H,23,27)(H,25,28,29). The quantitative estimate of drug-likeness (QED) is 0.546. The van der Waals surface area contributed by atoms with E-state index in [0.29, 0.717) is 17.7 Å². The van der Waals surface area contributed by atoms with Crippen molar-refractivity contribution in [2.75, 3.05) is 0 Å². The summed E-state index contributed by atoms with van der Waals surface area (Å²) in [5.74, 6) is 3.67. The molecule has 2 N–H and O–H groups in total. The Morgan fingerprint density at radius 1 is 1.27 bits per heavy atom. The van der Waals surface area contributed by atoms with Gasteiger partial charge in [0.2, 0.25) is 11.8 Å². The van der Waals surface area contributed by atoms with E-state index in [4.69, 9.17) is 0 Å². The van der Waals surface area contributed by atoms with Crippen LogP contribution >= 0.6 is 0 Å². The highest BCUT2D eigenvalue weighted by Crippen LogP contribution is 2.28. The highest BCUT2D eigenvalue weighted by atomic mass is 16.2. The summed E-state index contributed by atoms with van der Waals surface area (Å²) >= 11 is 0. The van der Waals surface area contributed by atoms with Crippen LogP contribution in [0.15, 0.2) is 36.8 Å². The fraction of sp³-hybridized carbons (Fsp3) is 0.238. The molecule has 0 spiro atoms. The van der Waals surface area contributed by atoms with Gasteiger partial charge in [0.25, 0.3) is 11.8 Å². The molecule has 0 saturated carbocycles. The van der Waals surface area contributed by atoms with Gasteiger partial charge in [0.05, 0.1) is 0 Å². The third-order valence-corrected chi connectivity index (χ3v) is 4.93. The zero-order chi connectivity index (χ0) is 21.1. The molecule has 30 heavy (non-hydrogen) atoms. The molecular weight excluding hydrogens is 386 g/mol. The maximum absolute atomic E-state index is 12.7. The number of hydrogen-bond donors (Lipinski definition) is 2. The molecule has 0 radical (unpaired) electrons. The molecule has 150 valence electrons. The highest BCUT2D eigenvalue weighted by molar-refractivity contribution is 6.05. The average Bonchev–Trinajstić information content (AvgIpc) is 3.07. The van der Waals surface area contributed by atoms with Crippen molar-refractivity contribution in [3.63, 3.8) is 0 Å². The summed E-state index contributed by atoms with van der Waals surface area (Å²) < 4.78 is 0. The monoisotopic (exact) mass is 403 g/mol. The van der Waals surface area contributed by atoms with Gasteiger partial charge in [-0.1, -0.05) is 12.1 Å². The number of carbonyl (C=O) groups is 4. The van der Waals surface area contributed by atoms with Gasteiger partial charge in [-0.25, -0.2) is 9.97 Å². The molecule has 9 nitrogen and oxygen atoms in total. The molecule has 2 aliphatic heterocycles. The molecule has 1 aromatic heterocycles.